The summed E-state index contributed by atoms with van der Waals surface area (Å²) in [7, 11) is 1.24. The minimum Gasteiger partial charge on any atom is -0.493 e. The summed E-state index contributed by atoms with van der Waals surface area (Å²) in [5.74, 6) is -3.03. The van der Waals surface area contributed by atoms with Gasteiger partial charge in [-0.15, -0.1) is 0 Å². The summed E-state index contributed by atoms with van der Waals surface area (Å²) in [5, 5.41) is 15.0. The van der Waals surface area contributed by atoms with E-state index in [1.54, 1.807) is 16.8 Å². The number of nitrogens with one attached hydrogen (secondary N) is 1. The number of halogens is 2. The second-order valence-electron chi connectivity index (χ2n) is 11.2. The minimum atomic E-state index is -1.27. The molecule has 0 unspecified atom stereocenters. The fourth-order valence-corrected chi connectivity index (χ4v) is 5.68. The fourth-order valence-electron chi connectivity index (χ4n) is 4.92. The number of hydrogen-bond acceptors (Lipinski definition) is 7. The van der Waals surface area contributed by atoms with Crippen LogP contribution in [0.25, 0.3) is 11.3 Å². The molecule has 3 aromatic rings. The van der Waals surface area contributed by atoms with Crippen LogP contribution in [0.1, 0.15) is 24.0 Å². The van der Waals surface area contributed by atoms with Crippen molar-refractivity contribution in [2.75, 3.05) is 31.3 Å². The number of amides is 1. The average Bonchev–Trinajstić information content (AvgIpc) is 3.62. The Morgan fingerprint density at radius 1 is 1.12 bits per heavy atom. The summed E-state index contributed by atoms with van der Waals surface area (Å²) in [6.07, 6.45) is 2.51. The van der Waals surface area contributed by atoms with Crippen molar-refractivity contribution in [3.8, 4) is 28.8 Å². The highest BCUT2D eigenvalue weighted by Crippen LogP contribution is 2.56. The van der Waals surface area contributed by atoms with Gasteiger partial charge in [-0.1, -0.05) is 25.7 Å². The van der Waals surface area contributed by atoms with Gasteiger partial charge in [0.2, 0.25) is 0 Å². The molecule has 1 N–H and O–H groups in total. The number of hydrazine groups is 1. The summed E-state index contributed by atoms with van der Waals surface area (Å²) in [5.41, 5.74) is 4.21. The zero-order valence-corrected chi connectivity index (χ0v) is 24.1. The van der Waals surface area contributed by atoms with Gasteiger partial charge >= 0.3 is 0 Å². The number of carbonyl (C=O) groups excluding carboxylic acids is 1. The van der Waals surface area contributed by atoms with E-state index in [0.29, 0.717) is 47.5 Å². The van der Waals surface area contributed by atoms with Crippen LogP contribution in [-0.4, -0.2) is 44.6 Å². The van der Waals surface area contributed by atoms with Gasteiger partial charge in [-0.3, -0.25) is 10.2 Å². The van der Waals surface area contributed by atoms with Gasteiger partial charge in [0.15, 0.2) is 23.1 Å². The molecule has 1 amide bonds. The molecule has 9 nitrogen and oxygen atoms in total. The smallest absolute Gasteiger partial charge is 0.256 e. The van der Waals surface area contributed by atoms with E-state index in [2.05, 4.69) is 36.2 Å². The van der Waals surface area contributed by atoms with Gasteiger partial charge in [-0.2, -0.15) is 10.4 Å². The molecule has 1 spiro atoms. The van der Waals surface area contributed by atoms with Gasteiger partial charge in [0.1, 0.15) is 18.5 Å². The Hall–Kier alpha value is -3.95. The molecule has 0 bridgehead atoms. The summed E-state index contributed by atoms with van der Waals surface area (Å²) in [4.78, 5) is 13.8. The average molecular weight is 568 g/mol. The number of rotatable bonds is 9. The predicted molar refractivity (Wildman–Crippen MR) is 148 cm³/mol. The normalized spacial score (nSPS) is 15.4. The van der Waals surface area contributed by atoms with Crippen LogP contribution in [0, 0.1) is 23.0 Å². The molecule has 1 fully saturated rings. The van der Waals surface area contributed by atoms with Crippen LogP contribution < -0.4 is 19.9 Å². The highest BCUT2D eigenvalue weighted by atomic mass is 28.3. The number of ether oxygens (including phenoxy) is 3. The molecule has 5 rings (SSSR count). The van der Waals surface area contributed by atoms with Crippen LogP contribution in [-0.2, 0) is 21.7 Å². The van der Waals surface area contributed by atoms with Crippen LogP contribution in [0.3, 0.4) is 0 Å². The maximum atomic E-state index is 15.3. The summed E-state index contributed by atoms with van der Waals surface area (Å²) in [6, 6.07) is 9.65. The van der Waals surface area contributed by atoms with Crippen LogP contribution in [0.4, 0.5) is 20.2 Å². The number of fused-ring (bicyclic) bond motifs is 2. The van der Waals surface area contributed by atoms with Crippen molar-refractivity contribution in [2.45, 2.75) is 50.7 Å². The maximum absolute atomic E-state index is 15.3. The molecule has 1 aromatic heterocycles. The van der Waals surface area contributed by atoms with E-state index in [1.807, 2.05) is 6.07 Å². The maximum Gasteiger partial charge on any atom is 0.256 e. The molecule has 40 heavy (non-hydrogen) atoms. The Bertz CT molecular complexity index is 1500. The van der Waals surface area contributed by atoms with Gasteiger partial charge < -0.3 is 14.2 Å². The van der Waals surface area contributed by atoms with E-state index < -0.39 is 36.7 Å². The summed E-state index contributed by atoms with van der Waals surface area (Å²) >= 11 is 0. The first kappa shape index (κ1) is 27.6. The molecular formula is C28H31F2N5O4Si. The quantitative estimate of drug-likeness (QED) is 0.272. The van der Waals surface area contributed by atoms with Crippen molar-refractivity contribution in [1.29, 1.82) is 5.26 Å². The molecule has 2 heterocycles. The molecule has 1 aliphatic carbocycles. The lowest BCUT2D eigenvalue weighted by Gasteiger charge is -2.36. The Morgan fingerprint density at radius 2 is 1.80 bits per heavy atom. The largest absolute Gasteiger partial charge is 0.493 e. The molecule has 1 aliphatic heterocycles. The van der Waals surface area contributed by atoms with Crippen LogP contribution in [0.2, 0.25) is 25.7 Å². The zero-order chi connectivity index (χ0) is 28.8. The van der Waals surface area contributed by atoms with Crippen LogP contribution in [0.5, 0.6) is 11.5 Å². The fraction of sp³-hybridized carbons (Fsp3) is 0.393. The molecule has 0 saturated heterocycles. The van der Waals surface area contributed by atoms with E-state index >= 15 is 8.78 Å². The first-order valence-corrected chi connectivity index (χ1v) is 16.6. The van der Waals surface area contributed by atoms with Crippen molar-refractivity contribution < 1.29 is 27.8 Å². The second-order valence-corrected chi connectivity index (χ2v) is 16.8. The van der Waals surface area contributed by atoms with E-state index in [1.165, 1.54) is 20.4 Å². The van der Waals surface area contributed by atoms with E-state index in [9.17, 15) is 10.1 Å². The molecular weight excluding hydrogens is 536 g/mol. The zero-order valence-electron chi connectivity index (χ0n) is 23.1. The van der Waals surface area contributed by atoms with Crippen molar-refractivity contribution in [2.24, 2.45) is 0 Å². The number of nitrogens with zero attached hydrogens (tertiary/aromatic N) is 4. The van der Waals surface area contributed by atoms with E-state index in [4.69, 9.17) is 14.2 Å². The third kappa shape index (κ3) is 4.69. The summed E-state index contributed by atoms with van der Waals surface area (Å²) < 4.78 is 48.3. The lowest BCUT2D eigenvalue weighted by Crippen LogP contribution is -2.48. The van der Waals surface area contributed by atoms with Gasteiger partial charge in [0, 0.05) is 26.3 Å². The Kier molecular flexibility index (Phi) is 7.05. The van der Waals surface area contributed by atoms with Crippen molar-refractivity contribution in [3.63, 3.8) is 0 Å². The molecule has 210 valence electrons. The highest BCUT2D eigenvalue weighted by molar-refractivity contribution is 6.76. The van der Waals surface area contributed by atoms with Gasteiger partial charge in [0.05, 0.1) is 42.8 Å². The lowest BCUT2D eigenvalue weighted by atomic mass is 9.88. The van der Waals surface area contributed by atoms with Gasteiger partial charge in [0.25, 0.3) is 5.91 Å². The number of methoxy groups -OCH3 is 2. The highest BCUT2D eigenvalue weighted by Gasteiger charge is 2.58. The topological polar surface area (TPSA) is 102 Å². The lowest BCUT2D eigenvalue weighted by molar-refractivity contribution is -0.121. The molecule has 0 radical (unpaired) electrons. The number of hydrogen-bond donors (Lipinski definition) is 1. The number of nitriles is 1. The SMILES string of the molecule is COc1cc(OC)c(F)c(N2Nc3ccc(-c4c(C#N)cnn4COCC[Si](C)(C)C)cc3C3(CC3)C2=O)c1F. The Labute approximate surface area is 232 Å². The van der Waals surface area contributed by atoms with Crippen LogP contribution in [0.15, 0.2) is 30.5 Å². The molecule has 2 aromatic carbocycles. The van der Waals surface area contributed by atoms with E-state index in [0.717, 1.165) is 17.1 Å². The first-order valence-electron chi connectivity index (χ1n) is 12.9. The standard InChI is InChI=1S/C28H31F2N5O4Si/c1-37-21-13-22(38-2)24(30)26(23(21)29)35-27(36)28(8-9-28)19-12-17(6-7-20(19)33-35)25-18(14-31)15-32-34(25)16-39-10-11-40(3,4)5/h6-7,12-13,15,33H,8-11,16H2,1-5H3. The number of benzene rings is 2. The Morgan fingerprint density at radius 3 is 2.38 bits per heavy atom. The summed E-state index contributed by atoms with van der Waals surface area (Å²) in [6.45, 7) is 7.60. The van der Waals surface area contributed by atoms with Crippen molar-refractivity contribution in [1.82, 2.24) is 9.78 Å². The van der Waals surface area contributed by atoms with Gasteiger partial charge in [-0.05, 0) is 36.6 Å². The van der Waals surface area contributed by atoms with E-state index in [-0.39, 0.29) is 18.2 Å². The molecule has 2 aliphatic rings. The minimum absolute atomic E-state index is 0.185. The number of carbonyl (C=O) groups is 1. The monoisotopic (exact) mass is 567 g/mol. The second kappa shape index (κ2) is 10.2. The van der Waals surface area contributed by atoms with Crippen LogP contribution >= 0.6 is 0 Å². The van der Waals surface area contributed by atoms with Gasteiger partial charge in [-0.25, -0.2) is 18.5 Å². The number of anilines is 2. The molecule has 1 saturated carbocycles. The molecule has 12 heteroatoms. The first-order chi connectivity index (χ1) is 19.0. The third-order valence-corrected chi connectivity index (χ3v) is 9.05. The van der Waals surface area contributed by atoms with Crippen molar-refractivity contribution >= 4 is 25.4 Å². The predicted octanol–water partition coefficient (Wildman–Crippen LogP) is 5.43. The molecule has 0 atom stereocenters. The Balaban J connectivity index is 1.52. The van der Waals surface area contributed by atoms with Crippen molar-refractivity contribution in [3.05, 3.63) is 53.2 Å². The number of aromatic nitrogens is 2. The third-order valence-electron chi connectivity index (χ3n) is 7.35.